The second-order valence-corrected chi connectivity index (χ2v) is 13.8. The molecule has 4 heterocycles. The molecule has 21 heteroatoms. The molecule has 0 aliphatic heterocycles. The molecule has 0 aliphatic rings. The number of H-pyrrole nitrogens is 1. The number of anilines is 2. The second-order valence-electron chi connectivity index (χ2n) is 13.8. The minimum absolute atomic E-state index is 0.0681. The van der Waals surface area contributed by atoms with Crippen molar-refractivity contribution in [3.63, 3.8) is 0 Å². The van der Waals surface area contributed by atoms with Crippen LogP contribution in [-0.2, 0) is 12.4 Å². The molecule has 15 nitrogen and oxygen atoms in total. The zero-order chi connectivity index (χ0) is 46.0. The Labute approximate surface area is 350 Å². The maximum Gasteiger partial charge on any atom is 0.433 e. The number of nitrogens with two attached hydrogens (primary N) is 1. The third-order valence-electron chi connectivity index (χ3n) is 9.00. The van der Waals surface area contributed by atoms with Gasteiger partial charge in [0.05, 0.1) is 36.7 Å². The van der Waals surface area contributed by atoms with Crippen molar-refractivity contribution in [2.24, 2.45) is 0 Å². The van der Waals surface area contributed by atoms with Crippen LogP contribution in [0.4, 0.5) is 38.0 Å². The number of fused-ring (bicyclic) bond motifs is 2. The number of nitrogens with one attached hydrogen (secondary N) is 1. The summed E-state index contributed by atoms with van der Waals surface area (Å²) in [7, 11) is 5.99. The molecule has 0 fully saturated rings. The summed E-state index contributed by atoms with van der Waals surface area (Å²) in [5.41, 5.74) is 6.38. The lowest BCUT2D eigenvalue weighted by molar-refractivity contribution is -0.142. The van der Waals surface area contributed by atoms with Crippen LogP contribution >= 0.6 is 0 Å². The number of benzene rings is 4. The van der Waals surface area contributed by atoms with E-state index in [0.29, 0.717) is 55.9 Å². The molecule has 0 saturated heterocycles. The van der Waals surface area contributed by atoms with Crippen molar-refractivity contribution in [1.29, 1.82) is 0 Å². The number of aromatic amines is 1. The highest BCUT2D eigenvalue weighted by Gasteiger charge is 2.34. The van der Waals surface area contributed by atoms with Crippen molar-refractivity contribution < 1.29 is 49.3 Å². The Kier molecular flexibility index (Phi) is 12.5. The van der Waals surface area contributed by atoms with Crippen LogP contribution in [0.15, 0.2) is 113 Å². The van der Waals surface area contributed by atoms with Crippen molar-refractivity contribution in [2.45, 2.75) is 26.2 Å². The molecule has 0 aliphatic carbocycles. The largest absolute Gasteiger partial charge is 0.496 e. The van der Waals surface area contributed by atoms with Crippen molar-refractivity contribution in [1.82, 2.24) is 24.8 Å². The number of aryl methyl sites for hydroxylation is 2. The topological polar surface area (TPSA) is 198 Å². The molecule has 0 saturated carbocycles. The van der Waals surface area contributed by atoms with Crippen LogP contribution in [0.2, 0.25) is 0 Å². The minimum Gasteiger partial charge on any atom is -0.496 e. The predicted molar refractivity (Wildman–Crippen MR) is 219 cm³/mol. The third kappa shape index (κ3) is 9.87. The van der Waals surface area contributed by atoms with Gasteiger partial charge in [-0.2, -0.15) is 31.3 Å². The normalized spacial score (nSPS) is 11.4. The van der Waals surface area contributed by atoms with Gasteiger partial charge in [0.1, 0.15) is 28.6 Å². The standard InChI is InChI=1S/C20H14F3N3O4.C15H14N2O2.C7H7F3N2O2/c1-10-3-5-14(29-2)12(7-10)18-13-8-11(4-6-15(13)30-25-18)26-17(27)9-16(20(21,22)23)24-19(26)28;1-9-3-5-13(18-2)11(7-9)15-12-8-10(16)4-6-14(12)19-17-15;1-12(2)6-11-4(7(8,9)10)3-5(13)14-6/h3-9H,1-2H3,(H,24,28);3-8H,16H2,1-2H3;3H,1-2H3. The van der Waals surface area contributed by atoms with E-state index in [0.717, 1.165) is 33.5 Å². The fourth-order valence-corrected chi connectivity index (χ4v) is 6.04. The summed E-state index contributed by atoms with van der Waals surface area (Å²) in [5, 5.41) is 9.56. The molecule has 4 aromatic carbocycles. The molecule has 4 aromatic heterocycles. The number of nitrogens with zero attached hydrogens (tertiary/aromatic N) is 5. The number of alkyl halides is 6. The fraction of sp³-hybridized carbons (Fsp3) is 0.190. The number of ether oxygens (including phenoxy) is 2. The fourth-order valence-electron chi connectivity index (χ4n) is 6.04. The zero-order valence-corrected chi connectivity index (χ0v) is 33.9. The molecular weight excluding hydrogens is 844 g/mol. The van der Waals surface area contributed by atoms with Crippen LogP contribution < -0.4 is 37.0 Å². The number of methoxy groups -OCH3 is 2. The van der Waals surface area contributed by atoms with Crippen LogP contribution in [0, 0.1) is 13.8 Å². The summed E-state index contributed by atoms with van der Waals surface area (Å²) in [6.45, 7) is 3.91. The number of hydrogen-bond donors (Lipinski definition) is 2. The van der Waals surface area contributed by atoms with Crippen molar-refractivity contribution in [3.8, 4) is 39.7 Å². The highest BCUT2D eigenvalue weighted by molar-refractivity contribution is 5.95. The van der Waals surface area contributed by atoms with Gasteiger partial charge in [0.15, 0.2) is 16.9 Å². The lowest BCUT2D eigenvalue weighted by Gasteiger charge is -2.10. The predicted octanol–water partition coefficient (Wildman–Crippen LogP) is 8.18. The van der Waals surface area contributed by atoms with Crippen molar-refractivity contribution in [2.75, 3.05) is 38.9 Å². The van der Waals surface area contributed by atoms with Gasteiger partial charge in [0.25, 0.3) is 11.6 Å². The molecule has 0 unspecified atom stereocenters. The maximum absolute atomic E-state index is 12.8. The Hall–Kier alpha value is -7.84. The Balaban J connectivity index is 0.000000171. The Morgan fingerprint density at radius 1 is 0.698 bits per heavy atom. The van der Waals surface area contributed by atoms with Crippen molar-refractivity contribution >= 4 is 33.6 Å². The number of rotatable bonds is 6. The lowest BCUT2D eigenvalue weighted by atomic mass is 10.0. The van der Waals surface area contributed by atoms with E-state index in [1.54, 1.807) is 24.2 Å². The molecule has 8 aromatic rings. The second kappa shape index (κ2) is 17.6. The van der Waals surface area contributed by atoms with E-state index in [4.69, 9.17) is 24.3 Å². The molecular formula is C42H35F6N7O8. The highest BCUT2D eigenvalue weighted by Crippen LogP contribution is 2.37. The first-order valence-electron chi connectivity index (χ1n) is 18.2. The van der Waals surface area contributed by atoms with E-state index >= 15 is 0 Å². The Morgan fingerprint density at radius 3 is 1.73 bits per heavy atom. The zero-order valence-electron chi connectivity index (χ0n) is 33.9. The number of halogens is 6. The third-order valence-corrected chi connectivity index (χ3v) is 9.00. The van der Waals surface area contributed by atoms with E-state index in [9.17, 15) is 40.7 Å². The molecule has 328 valence electrons. The molecule has 0 radical (unpaired) electrons. The molecule has 0 bridgehead atoms. The van der Waals surface area contributed by atoms with Gasteiger partial charge >= 0.3 is 23.7 Å². The summed E-state index contributed by atoms with van der Waals surface area (Å²) < 4.78 is 101. The average Bonchev–Trinajstić information content (AvgIpc) is 3.84. The van der Waals surface area contributed by atoms with Crippen LogP contribution in [0.3, 0.4) is 0 Å². The Bertz CT molecular complexity index is 3100. The summed E-state index contributed by atoms with van der Waals surface area (Å²) in [5.74, 6) is 1.30. The first-order chi connectivity index (χ1) is 29.7. The van der Waals surface area contributed by atoms with Gasteiger partial charge in [0.2, 0.25) is 0 Å². The molecule has 0 amide bonds. The van der Waals surface area contributed by atoms with E-state index < -0.39 is 40.6 Å². The average molecular weight is 880 g/mol. The van der Waals surface area contributed by atoms with E-state index in [1.807, 2.05) is 56.3 Å². The van der Waals surface area contributed by atoms with Crippen LogP contribution in [0.5, 0.6) is 11.5 Å². The minimum atomic E-state index is -4.84. The molecule has 0 atom stereocenters. The summed E-state index contributed by atoms with van der Waals surface area (Å²) >= 11 is 0. The smallest absolute Gasteiger partial charge is 0.433 e. The van der Waals surface area contributed by atoms with E-state index in [-0.39, 0.29) is 11.7 Å². The van der Waals surface area contributed by atoms with Gasteiger partial charge in [-0.25, -0.2) is 14.2 Å². The highest BCUT2D eigenvalue weighted by atomic mass is 19.4. The van der Waals surface area contributed by atoms with Crippen molar-refractivity contribution in [3.05, 3.63) is 139 Å². The quantitative estimate of drug-likeness (QED) is 0.120. The number of nitrogen functional groups attached to an aromatic ring is 1. The van der Waals surface area contributed by atoms with Crippen LogP contribution in [0.25, 0.3) is 50.1 Å². The SMILES string of the molecule is CN(C)c1nc(C(F)(F)F)cc(=O)o1.COc1ccc(C)cc1-c1noc2ccc(-n3c(=O)cc(C(F)(F)F)[nH]c3=O)cc12.COc1ccc(C)cc1-c1noc2ccc(N)cc12. The van der Waals surface area contributed by atoms with Gasteiger partial charge in [-0.05, 0) is 74.5 Å². The molecule has 0 spiro atoms. The maximum atomic E-state index is 12.8. The monoisotopic (exact) mass is 879 g/mol. The van der Waals surface area contributed by atoms with Gasteiger partial charge in [-0.3, -0.25) is 4.79 Å². The van der Waals surface area contributed by atoms with Gasteiger partial charge in [0, 0.05) is 37.0 Å². The lowest BCUT2D eigenvalue weighted by Crippen LogP contribution is -2.35. The van der Waals surface area contributed by atoms with Gasteiger partial charge in [-0.15, -0.1) is 0 Å². The Morgan fingerprint density at radius 2 is 1.24 bits per heavy atom. The number of aromatic nitrogens is 5. The van der Waals surface area contributed by atoms with E-state index in [1.165, 1.54) is 44.3 Å². The molecule has 8 rings (SSSR count). The summed E-state index contributed by atoms with van der Waals surface area (Å²) in [6, 6.07) is 21.5. The molecule has 3 N–H and O–H groups in total. The van der Waals surface area contributed by atoms with Crippen LogP contribution in [0.1, 0.15) is 22.5 Å². The number of hydrogen-bond acceptors (Lipinski definition) is 13. The first-order valence-corrected chi connectivity index (χ1v) is 18.2. The van der Waals surface area contributed by atoms with Gasteiger partial charge in [-0.1, -0.05) is 33.6 Å². The summed E-state index contributed by atoms with van der Waals surface area (Å²) in [6.07, 6.45) is -9.48. The van der Waals surface area contributed by atoms with Crippen LogP contribution in [-0.4, -0.2) is 53.2 Å². The first kappa shape index (κ1) is 44.7. The van der Waals surface area contributed by atoms with Gasteiger partial charge < -0.3 is 38.6 Å². The summed E-state index contributed by atoms with van der Waals surface area (Å²) in [4.78, 5) is 41.2. The molecule has 63 heavy (non-hydrogen) atoms. The van der Waals surface area contributed by atoms with E-state index in [2.05, 4.69) is 19.7 Å².